The highest BCUT2D eigenvalue weighted by atomic mass is 16.5. The Labute approximate surface area is 250 Å². The first-order valence-electron chi connectivity index (χ1n) is 14.2. The molecule has 0 spiro atoms. The molecule has 10 nitrogen and oxygen atoms in total. The molecule has 0 fully saturated rings. The summed E-state index contributed by atoms with van der Waals surface area (Å²) in [6, 6.07) is 22.4. The van der Waals surface area contributed by atoms with Gasteiger partial charge < -0.3 is 20.7 Å². The number of hydrogen-bond donors (Lipinski definition) is 4. The minimum atomic E-state index is -0.379. The minimum Gasteiger partial charge on any atom is -0.488 e. The number of unbranched alkanes of at least 4 members (excludes halogenated alkanes) is 1. The third-order valence-electron chi connectivity index (χ3n) is 6.97. The normalized spacial score (nSPS) is 10.8. The van der Waals surface area contributed by atoms with Crippen LogP contribution in [0, 0.1) is 6.92 Å². The van der Waals surface area contributed by atoms with E-state index in [4.69, 9.17) is 9.84 Å². The molecule has 220 valence electrons. The van der Waals surface area contributed by atoms with Gasteiger partial charge >= 0.3 is 12.1 Å². The number of amides is 4. The number of benzene rings is 3. The summed E-state index contributed by atoms with van der Waals surface area (Å²) in [5.74, 6) is 1.23. The van der Waals surface area contributed by atoms with Gasteiger partial charge in [-0.15, -0.1) is 0 Å². The molecule has 0 radical (unpaired) electrons. The van der Waals surface area contributed by atoms with Crippen LogP contribution in [-0.2, 0) is 13.0 Å². The Hall–Kier alpha value is -5.38. The summed E-state index contributed by atoms with van der Waals surface area (Å²) in [5, 5.41) is 17.7. The van der Waals surface area contributed by atoms with Crippen LogP contribution in [0.4, 0.5) is 26.8 Å². The van der Waals surface area contributed by atoms with Gasteiger partial charge in [0.05, 0.1) is 29.0 Å². The number of anilines is 3. The number of nitrogens with one attached hydrogen (secondary N) is 4. The van der Waals surface area contributed by atoms with Crippen LogP contribution in [0.15, 0.2) is 85.2 Å². The average Bonchev–Trinajstić information content (AvgIpc) is 3.42. The Morgan fingerprint density at radius 3 is 2.42 bits per heavy atom. The van der Waals surface area contributed by atoms with Crippen molar-refractivity contribution in [1.29, 1.82) is 0 Å². The van der Waals surface area contributed by atoms with Crippen molar-refractivity contribution >= 4 is 40.0 Å². The number of pyridine rings is 1. The van der Waals surface area contributed by atoms with Crippen molar-refractivity contribution in [3.8, 4) is 11.4 Å². The maximum atomic E-state index is 13.3. The van der Waals surface area contributed by atoms with E-state index in [1.807, 2.05) is 73.7 Å². The summed E-state index contributed by atoms with van der Waals surface area (Å²) >= 11 is 0. The van der Waals surface area contributed by atoms with E-state index < -0.39 is 0 Å². The molecule has 0 atom stereocenters. The van der Waals surface area contributed by atoms with E-state index in [9.17, 15) is 9.59 Å². The predicted molar refractivity (Wildman–Crippen MR) is 170 cm³/mol. The van der Waals surface area contributed by atoms with E-state index in [2.05, 4.69) is 33.2 Å². The third-order valence-corrected chi connectivity index (χ3v) is 6.97. The monoisotopic (exact) mass is 577 g/mol. The van der Waals surface area contributed by atoms with Gasteiger partial charge in [0.25, 0.3) is 0 Å². The van der Waals surface area contributed by atoms with Crippen LogP contribution in [0.2, 0.25) is 0 Å². The Morgan fingerprint density at radius 1 is 0.884 bits per heavy atom. The van der Waals surface area contributed by atoms with Crippen LogP contribution >= 0.6 is 0 Å². The van der Waals surface area contributed by atoms with E-state index >= 15 is 0 Å². The van der Waals surface area contributed by atoms with Crippen molar-refractivity contribution < 1.29 is 14.3 Å². The summed E-state index contributed by atoms with van der Waals surface area (Å²) in [6.07, 6.45) is 6.14. The molecule has 2 aromatic heterocycles. The van der Waals surface area contributed by atoms with Crippen molar-refractivity contribution in [2.45, 2.75) is 39.7 Å². The molecule has 0 saturated heterocycles. The van der Waals surface area contributed by atoms with Gasteiger partial charge in [-0.1, -0.05) is 55.3 Å². The number of ether oxygens (including phenoxy) is 1. The lowest BCUT2D eigenvalue weighted by atomic mass is 10.1. The predicted octanol–water partition coefficient (Wildman–Crippen LogP) is 7.05. The lowest BCUT2D eigenvalue weighted by Crippen LogP contribution is -2.25. The molecule has 5 aromatic rings. The number of rotatable bonds is 10. The number of aromatic nitrogens is 3. The Morgan fingerprint density at radius 2 is 1.65 bits per heavy atom. The zero-order valence-electron chi connectivity index (χ0n) is 24.5. The molecule has 0 aliphatic rings. The second kappa shape index (κ2) is 13.5. The van der Waals surface area contributed by atoms with Gasteiger partial charge in [0.2, 0.25) is 0 Å². The smallest absolute Gasteiger partial charge is 0.324 e. The van der Waals surface area contributed by atoms with E-state index in [-0.39, 0.29) is 18.7 Å². The van der Waals surface area contributed by atoms with Crippen LogP contribution in [0.1, 0.15) is 36.6 Å². The van der Waals surface area contributed by atoms with Crippen LogP contribution in [0.5, 0.6) is 5.75 Å². The van der Waals surface area contributed by atoms with Gasteiger partial charge in [-0.05, 0) is 50.1 Å². The number of hydrogen-bond acceptors (Lipinski definition) is 5. The van der Waals surface area contributed by atoms with Crippen molar-refractivity contribution in [3.63, 3.8) is 0 Å². The summed E-state index contributed by atoms with van der Waals surface area (Å²) in [4.78, 5) is 29.2. The zero-order chi connectivity index (χ0) is 30.2. The van der Waals surface area contributed by atoms with E-state index in [0.717, 1.165) is 52.5 Å². The summed E-state index contributed by atoms with van der Waals surface area (Å²) < 4.78 is 7.95. The highest BCUT2D eigenvalue weighted by Crippen LogP contribution is 2.33. The molecule has 3 aromatic carbocycles. The van der Waals surface area contributed by atoms with Gasteiger partial charge in [-0.25, -0.2) is 14.3 Å². The highest BCUT2D eigenvalue weighted by molar-refractivity contribution is 6.07. The quantitative estimate of drug-likeness (QED) is 0.142. The van der Waals surface area contributed by atoms with Crippen molar-refractivity contribution in [2.24, 2.45) is 0 Å². The van der Waals surface area contributed by atoms with Crippen molar-refractivity contribution in [3.05, 3.63) is 102 Å². The van der Waals surface area contributed by atoms with Crippen LogP contribution in [0.25, 0.3) is 16.5 Å². The molecule has 43 heavy (non-hydrogen) atoms. The van der Waals surface area contributed by atoms with Gasteiger partial charge in [-0.3, -0.25) is 10.3 Å². The fourth-order valence-electron chi connectivity index (χ4n) is 4.66. The molecule has 0 aliphatic carbocycles. The molecular formula is C33H35N7O3. The van der Waals surface area contributed by atoms with E-state index in [1.54, 1.807) is 30.2 Å². The lowest BCUT2D eigenvalue weighted by molar-refractivity contribution is 0.253. The number of fused-ring (bicyclic) bond motifs is 1. The molecule has 10 heteroatoms. The number of urea groups is 2. The van der Waals surface area contributed by atoms with Gasteiger partial charge in [0.1, 0.15) is 18.2 Å². The van der Waals surface area contributed by atoms with Crippen molar-refractivity contribution in [1.82, 2.24) is 20.1 Å². The molecule has 0 saturated carbocycles. The van der Waals surface area contributed by atoms with E-state index in [0.29, 0.717) is 22.9 Å². The third kappa shape index (κ3) is 7.10. The summed E-state index contributed by atoms with van der Waals surface area (Å²) in [5.41, 5.74) is 4.91. The topological polar surface area (TPSA) is 122 Å². The molecular weight excluding hydrogens is 542 g/mol. The molecule has 4 amide bonds. The summed E-state index contributed by atoms with van der Waals surface area (Å²) in [6.45, 7) is 4.39. The molecule has 5 rings (SSSR count). The standard InChI is InChI=1S/C33H35N7O3/c1-4-5-8-24-19-31(40(39-24)25-13-11-22(2)12-14-25)38-33(42)36-28-15-16-30(27-10-7-6-9-26(27)28)43-21-23-17-18-35-20-29(23)37-32(41)34-3/h6-7,9-20H,4-5,8,21H2,1-3H3,(H2,34,37,41)(H2,36,38,42). The minimum absolute atomic E-state index is 0.211. The number of carbonyl (C=O) groups is 2. The zero-order valence-corrected chi connectivity index (χ0v) is 24.5. The lowest BCUT2D eigenvalue weighted by Gasteiger charge is -2.15. The second-order valence-corrected chi connectivity index (χ2v) is 10.1. The maximum absolute atomic E-state index is 13.3. The SMILES string of the molecule is CCCCc1cc(NC(=O)Nc2ccc(OCc3ccncc3NC(=O)NC)c3ccccc23)n(-c2ccc(C)cc2)n1. The highest BCUT2D eigenvalue weighted by Gasteiger charge is 2.15. The fraction of sp³-hybridized carbons (Fsp3) is 0.212. The second-order valence-electron chi connectivity index (χ2n) is 10.1. The number of carbonyl (C=O) groups excluding carboxylic acids is 2. The van der Waals surface area contributed by atoms with Crippen molar-refractivity contribution in [2.75, 3.05) is 23.0 Å². The van der Waals surface area contributed by atoms with E-state index in [1.165, 1.54) is 0 Å². The Balaban J connectivity index is 1.35. The van der Waals surface area contributed by atoms with Crippen LogP contribution in [-0.4, -0.2) is 33.9 Å². The maximum Gasteiger partial charge on any atom is 0.324 e. The largest absolute Gasteiger partial charge is 0.488 e. The Kier molecular flexibility index (Phi) is 9.16. The first-order chi connectivity index (χ1) is 20.9. The van der Waals surface area contributed by atoms with Gasteiger partial charge in [-0.2, -0.15) is 5.10 Å². The molecule has 2 heterocycles. The summed E-state index contributed by atoms with van der Waals surface area (Å²) in [7, 11) is 1.55. The van der Waals surface area contributed by atoms with Crippen LogP contribution in [0.3, 0.4) is 0 Å². The molecule has 4 N–H and O–H groups in total. The number of nitrogens with zero attached hydrogens (tertiary/aromatic N) is 3. The Bertz CT molecular complexity index is 1730. The first-order valence-corrected chi connectivity index (χ1v) is 14.2. The molecule has 0 bridgehead atoms. The van der Waals surface area contributed by atoms with Crippen LogP contribution < -0.4 is 26.0 Å². The first kappa shape index (κ1) is 29.1. The van der Waals surface area contributed by atoms with Gasteiger partial charge in [0.15, 0.2) is 0 Å². The molecule has 0 unspecified atom stereocenters. The molecule has 0 aliphatic heterocycles. The number of aryl methyl sites for hydroxylation is 2. The average molecular weight is 578 g/mol. The fourth-order valence-corrected chi connectivity index (χ4v) is 4.66. The van der Waals surface area contributed by atoms with Gasteiger partial charge in [0, 0.05) is 35.6 Å².